The lowest BCUT2D eigenvalue weighted by Gasteiger charge is -2.17. The molecular weight excluding hydrogens is 130 g/mol. The van der Waals surface area contributed by atoms with Gasteiger partial charge >= 0.3 is 0 Å². The fourth-order valence-corrected chi connectivity index (χ4v) is 0.483. The molecule has 2 atom stereocenters. The molecule has 0 aliphatic rings. The molecule has 0 saturated heterocycles. The summed E-state index contributed by atoms with van der Waals surface area (Å²) in [6.45, 7) is 8.77. The zero-order valence-corrected chi connectivity index (χ0v) is 6.74. The van der Waals surface area contributed by atoms with E-state index in [1.165, 1.54) is 0 Å². The Kier molecular flexibility index (Phi) is 4.23. The Bertz CT molecular complexity index is 104. The fraction of sp³-hybridized carbons (Fsp3) is 0.857. The zero-order chi connectivity index (χ0) is 8.15. The highest BCUT2D eigenvalue weighted by Gasteiger charge is 2.12. The summed E-state index contributed by atoms with van der Waals surface area (Å²) in [7, 11) is 0. The van der Waals surface area contributed by atoms with E-state index < -0.39 is 6.29 Å². The van der Waals surface area contributed by atoms with Gasteiger partial charge in [0.05, 0.1) is 12.1 Å². The number of aliphatic imine (C=N–C) groups is 1. The molecule has 10 heavy (non-hydrogen) atoms. The van der Waals surface area contributed by atoms with Crippen LogP contribution in [0.4, 0.5) is 0 Å². The number of aliphatic hydroxyl groups excluding tert-OH is 1. The number of hydrogen-bond acceptors (Lipinski definition) is 3. The first-order valence-electron chi connectivity index (χ1n) is 3.37. The molecule has 0 amide bonds. The molecule has 0 aliphatic heterocycles. The van der Waals surface area contributed by atoms with Crippen molar-refractivity contribution >= 4 is 6.72 Å². The van der Waals surface area contributed by atoms with E-state index in [-0.39, 0.29) is 12.1 Å². The zero-order valence-electron chi connectivity index (χ0n) is 6.74. The predicted molar refractivity (Wildman–Crippen MR) is 41.2 cm³/mol. The Hall–Kier alpha value is -0.410. The largest absolute Gasteiger partial charge is 0.366 e. The third kappa shape index (κ3) is 3.58. The van der Waals surface area contributed by atoms with E-state index in [1.807, 2.05) is 13.8 Å². The minimum Gasteiger partial charge on any atom is -0.366 e. The Balaban J connectivity index is 3.60. The Labute approximate surface area is 61.7 Å². The van der Waals surface area contributed by atoms with Crippen LogP contribution in [0, 0.1) is 0 Å². The molecule has 0 bridgehead atoms. The fourth-order valence-electron chi connectivity index (χ4n) is 0.483. The maximum atomic E-state index is 9.13. The minimum atomic E-state index is -0.822. The van der Waals surface area contributed by atoms with Crippen molar-refractivity contribution in [3.8, 4) is 0 Å². The van der Waals surface area contributed by atoms with Crippen molar-refractivity contribution < 1.29 is 9.84 Å². The average Bonchev–Trinajstić information content (AvgIpc) is 1.85. The van der Waals surface area contributed by atoms with Crippen molar-refractivity contribution in [3.63, 3.8) is 0 Å². The van der Waals surface area contributed by atoms with Gasteiger partial charge in [0.2, 0.25) is 0 Å². The first-order valence-corrected chi connectivity index (χ1v) is 3.37. The smallest absolute Gasteiger partial charge is 0.177 e. The van der Waals surface area contributed by atoms with Gasteiger partial charge in [-0.3, -0.25) is 4.99 Å². The number of nitrogens with zero attached hydrogens (tertiary/aromatic N) is 1. The summed E-state index contributed by atoms with van der Waals surface area (Å²) >= 11 is 0. The van der Waals surface area contributed by atoms with E-state index >= 15 is 0 Å². The van der Waals surface area contributed by atoms with Gasteiger partial charge in [0, 0.05) is 0 Å². The van der Waals surface area contributed by atoms with Gasteiger partial charge in [-0.1, -0.05) is 0 Å². The summed E-state index contributed by atoms with van der Waals surface area (Å²) in [5.41, 5.74) is 0. The quantitative estimate of drug-likeness (QED) is 0.470. The molecule has 1 unspecified atom stereocenters. The monoisotopic (exact) mass is 145 g/mol. The van der Waals surface area contributed by atoms with Crippen LogP contribution < -0.4 is 0 Å². The van der Waals surface area contributed by atoms with E-state index in [0.717, 1.165) is 0 Å². The molecule has 60 valence electrons. The minimum absolute atomic E-state index is 0.0270. The van der Waals surface area contributed by atoms with E-state index in [2.05, 4.69) is 11.7 Å². The molecule has 0 rings (SSSR count). The highest BCUT2D eigenvalue weighted by molar-refractivity contribution is 5.24. The Morgan fingerprint density at radius 3 is 2.20 bits per heavy atom. The van der Waals surface area contributed by atoms with Crippen molar-refractivity contribution in [2.75, 3.05) is 0 Å². The molecule has 0 aromatic rings. The number of rotatable bonds is 4. The van der Waals surface area contributed by atoms with Crippen LogP contribution in [0.3, 0.4) is 0 Å². The van der Waals surface area contributed by atoms with Crippen molar-refractivity contribution in [2.24, 2.45) is 4.99 Å². The van der Waals surface area contributed by atoms with Gasteiger partial charge in [-0.05, 0) is 27.5 Å². The number of aliphatic hydroxyl groups is 1. The highest BCUT2D eigenvalue weighted by Crippen LogP contribution is 2.01. The normalized spacial score (nSPS) is 16.9. The molecule has 0 heterocycles. The molecule has 0 aromatic heterocycles. The van der Waals surface area contributed by atoms with Gasteiger partial charge in [0.15, 0.2) is 6.29 Å². The SMILES string of the molecule is C=N[C@@H](C)C(O)OC(C)C. The summed E-state index contributed by atoms with van der Waals surface area (Å²) in [6, 6.07) is -0.248. The van der Waals surface area contributed by atoms with Crippen LogP contribution >= 0.6 is 0 Å². The Morgan fingerprint density at radius 2 is 1.90 bits per heavy atom. The highest BCUT2D eigenvalue weighted by atomic mass is 16.6. The average molecular weight is 145 g/mol. The van der Waals surface area contributed by atoms with Crippen LogP contribution in [0.15, 0.2) is 4.99 Å². The van der Waals surface area contributed by atoms with E-state index in [1.54, 1.807) is 6.92 Å². The predicted octanol–water partition coefficient (Wildman–Crippen LogP) is 0.819. The van der Waals surface area contributed by atoms with Crippen LogP contribution in [-0.2, 0) is 4.74 Å². The van der Waals surface area contributed by atoms with Gasteiger partial charge in [0.25, 0.3) is 0 Å². The number of hydrogen-bond donors (Lipinski definition) is 1. The second-order valence-corrected chi connectivity index (χ2v) is 2.50. The van der Waals surface area contributed by atoms with Crippen molar-refractivity contribution in [1.29, 1.82) is 0 Å². The van der Waals surface area contributed by atoms with Crippen LogP contribution in [-0.4, -0.2) is 30.3 Å². The van der Waals surface area contributed by atoms with Gasteiger partial charge < -0.3 is 9.84 Å². The standard InChI is InChI=1S/C7H15NO2/c1-5(2)10-7(9)6(3)8-4/h5-7,9H,4H2,1-3H3/t6-,7?/m0/s1. The molecule has 0 fully saturated rings. The second kappa shape index (κ2) is 4.41. The van der Waals surface area contributed by atoms with Crippen LogP contribution in [0.2, 0.25) is 0 Å². The van der Waals surface area contributed by atoms with Gasteiger partial charge in [-0.15, -0.1) is 0 Å². The van der Waals surface area contributed by atoms with E-state index in [9.17, 15) is 0 Å². The third-order valence-corrected chi connectivity index (χ3v) is 1.11. The maximum Gasteiger partial charge on any atom is 0.177 e. The van der Waals surface area contributed by atoms with Gasteiger partial charge in [-0.2, -0.15) is 0 Å². The van der Waals surface area contributed by atoms with E-state index in [4.69, 9.17) is 9.84 Å². The second-order valence-electron chi connectivity index (χ2n) is 2.50. The summed E-state index contributed by atoms with van der Waals surface area (Å²) in [5.74, 6) is 0. The van der Waals surface area contributed by atoms with Crippen molar-refractivity contribution in [3.05, 3.63) is 0 Å². The van der Waals surface area contributed by atoms with Gasteiger partial charge in [0.1, 0.15) is 0 Å². The van der Waals surface area contributed by atoms with Gasteiger partial charge in [-0.25, -0.2) is 0 Å². The summed E-state index contributed by atoms with van der Waals surface area (Å²) in [4.78, 5) is 3.62. The summed E-state index contributed by atoms with van der Waals surface area (Å²) < 4.78 is 5.02. The first-order chi connectivity index (χ1) is 4.57. The lowest BCUT2D eigenvalue weighted by Crippen LogP contribution is -2.27. The molecule has 0 saturated carbocycles. The summed E-state index contributed by atoms with van der Waals surface area (Å²) in [5, 5.41) is 9.13. The molecule has 1 N–H and O–H groups in total. The molecule has 0 aromatic carbocycles. The molecule has 3 nitrogen and oxygen atoms in total. The van der Waals surface area contributed by atoms with Crippen LogP contribution in [0.5, 0.6) is 0 Å². The Morgan fingerprint density at radius 1 is 1.40 bits per heavy atom. The first kappa shape index (κ1) is 9.59. The summed E-state index contributed by atoms with van der Waals surface area (Å²) in [6.07, 6.45) is -0.795. The molecular formula is C7H15NO2. The van der Waals surface area contributed by atoms with Crippen molar-refractivity contribution in [1.82, 2.24) is 0 Å². The molecule has 3 heteroatoms. The molecule has 0 spiro atoms. The van der Waals surface area contributed by atoms with Crippen molar-refractivity contribution in [2.45, 2.75) is 39.2 Å². The maximum absolute atomic E-state index is 9.13. The topological polar surface area (TPSA) is 41.8 Å². The third-order valence-electron chi connectivity index (χ3n) is 1.11. The van der Waals surface area contributed by atoms with Crippen LogP contribution in [0.25, 0.3) is 0 Å². The lowest BCUT2D eigenvalue weighted by atomic mass is 10.3. The van der Waals surface area contributed by atoms with E-state index in [0.29, 0.717) is 0 Å². The number of ether oxygens (including phenoxy) is 1. The lowest BCUT2D eigenvalue weighted by molar-refractivity contribution is -0.134. The van der Waals surface area contributed by atoms with Crippen LogP contribution in [0.1, 0.15) is 20.8 Å². The molecule has 0 radical (unpaired) electrons. The molecule has 0 aliphatic carbocycles.